The number of benzene rings is 1. The Morgan fingerprint density at radius 1 is 1.10 bits per heavy atom. The molecular formula is C16H15N3O. The van der Waals surface area contributed by atoms with Crippen molar-refractivity contribution in [2.45, 2.75) is 12.8 Å². The second-order valence-electron chi connectivity index (χ2n) is 4.79. The lowest BCUT2D eigenvalue weighted by Gasteiger charge is -2.06. The third-order valence-corrected chi connectivity index (χ3v) is 3.18. The van der Waals surface area contributed by atoms with Crippen LogP contribution in [0.3, 0.4) is 0 Å². The fourth-order valence-electron chi connectivity index (χ4n) is 1.92. The van der Waals surface area contributed by atoms with Crippen LogP contribution in [0, 0.1) is 5.92 Å². The molecule has 1 aliphatic rings. The molecular weight excluding hydrogens is 250 g/mol. The van der Waals surface area contributed by atoms with Crippen LogP contribution in [0.5, 0.6) is 0 Å². The fraction of sp³-hybridized carbons (Fsp3) is 0.188. The molecule has 1 saturated carbocycles. The first-order chi connectivity index (χ1) is 9.84. The van der Waals surface area contributed by atoms with Crippen molar-refractivity contribution in [3.8, 4) is 0 Å². The van der Waals surface area contributed by atoms with Crippen LogP contribution in [0.1, 0.15) is 24.1 Å². The number of aromatic nitrogens is 1. The number of amides is 1. The standard InChI is InChI=1S/C16H15N3O/c20-16(13-9-10-13)19-18-15(12-6-2-1-3-7-12)14-8-4-5-11-17-14/h1-8,11,13H,9-10H2,(H,19,20). The van der Waals surface area contributed by atoms with Crippen molar-refractivity contribution in [3.05, 3.63) is 66.0 Å². The van der Waals surface area contributed by atoms with Gasteiger partial charge in [0.15, 0.2) is 0 Å². The molecule has 1 heterocycles. The number of pyridine rings is 1. The smallest absolute Gasteiger partial charge is 0.243 e. The molecule has 0 aliphatic heterocycles. The number of hydrazone groups is 1. The zero-order chi connectivity index (χ0) is 13.8. The minimum atomic E-state index is -0.00522. The van der Waals surface area contributed by atoms with Gasteiger partial charge in [0.05, 0.1) is 5.69 Å². The van der Waals surface area contributed by atoms with Gasteiger partial charge in [-0.3, -0.25) is 9.78 Å². The van der Waals surface area contributed by atoms with Gasteiger partial charge in [-0.05, 0) is 25.0 Å². The van der Waals surface area contributed by atoms with E-state index in [1.807, 2.05) is 48.5 Å². The number of rotatable bonds is 4. The van der Waals surface area contributed by atoms with Gasteiger partial charge in [0.25, 0.3) is 0 Å². The van der Waals surface area contributed by atoms with Crippen LogP contribution in [-0.2, 0) is 4.79 Å². The van der Waals surface area contributed by atoms with Crippen LogP contribution in [-0.4, -0.2) is 16.6 Å². The Bertz CT molecular complexity index is 577. The van der Waals surface area contributed by atoms with Crippen LogP contribution in [0.15, 0.2) is 59.8 Å². The van der Waals surface area contributed by atoms with E-state index in [1.54, 1.807) is 6.20 Å². The van der Waals surface area contributed by atoms with E-state index < -0.39 is 0 Å². The highest BCUT2D eigenvalue weighted by molar-refractivity contribution is 6.11. The van der Waals surface area contributed by atoms with Crippen molar-refractivity contribution in [2.75, 3.05) is 0 Å². The molecule has 4 heteroatoms. The molecule has 0 atom stereocenters. The lowest BCUT2D eigenvalue weighted by molar-refractivity contribution is -0.122. The largest absolute Gasteiger partial charge is 0.273 e. The van der Waals surface area contributed by atoms with Crippen LogP contribution < -0.4 is 5.43 Å². The van der Waals surface area contributed by atoms with Gasteiger partial charge < -0.3 is 0 Å². The molecule has 1 aromatic carbocycles. The summed E-state index contributed by atoms with van der Waals surface area (Å²) in [7, 11) is 0. The predicted octanol–water partition coefficient (Wildman–Crippen LogP) is 2.36. The van der Waals surface area contributed by atoms with Crippen molar-refractivity contribution < 1.29 is 4.79 Å². The van der Waals surface area contributed by atoms with E-state index in [1.165, 1.54) is 0 Å². The summed E-state index contributed by atoms with van der Waals surface area (Å²) in [5.74, 6) is 0.133. The molecule has 2 aromatic rings. The van der Waals surface area contributed by atoms with E-state index in [9.17, 15) is 4.79 Å². The number of carbonyl (C=O) groups excluding carboxylic acids is 1. The van der Waals surface area contributed by atoms with Crippen molar-refractivity contribution in [1.29, 1.82) is 0 Å². The zero-order valence-electron chi connectivity index (χ0n) is 11.0. The van der Waals surface area contributed by atoms with Crippen molar-refractivity contribution >= 4 is 11.6 Å². The predicted molar refractivity (Wildman–Crippen MR) is 77.2 cm³/mol. The summed E-state index contributed by atoms with van der Waals surface area (Å²) in [6.07, 6.45) is 3.65. The summed E-state index contributed by atoms with van der Waals surface area (Å²) in [5, 5.41) is 4.28. The zero-order valence-corrected chi connectivity index (χ0v) is 11.0. The van der Waals surface area contributed by atoms with Gasteiger partial charge >= 0.3 is 0 Å². The highest BCUT2D eigenvalue weighted by atomic mass is 16.2. The number of carbonyl (C=O) groups is 1. The molecule has 0 radical (unpaired) electrons. The molecule has 0 bridgehead atoms. The normalized spacial score (nSPS) is 14.9. The first-order valence-corrected chi connectivity index (χ1v) is 6.69. The summed E-state index contributed by atoms with van der Waals surface area (Å²) in [6.45, 7) is 0. The van der Waals surface area contributed by atoms with Gasteiger partial charge in [-0.25, -0.2) is 5.43 Å². The number of nitrogens with zero attached hydrogens (tertiary/aromatic N) is 2. The first-order valence-electron chi connectivity index (χ1n) is 6.69. The van der Waals surface area contributed by atoms with E-state index in [-0.39, 0.29) is 11.8 Å². The molecule has 3 rings (SSSR count). The quantitative estimate of drug-likeness (QED) is 0.681. The maximum absolute atomic E-state index is 11.7. The van der Waals surface area contributed by atoms with Gasteiger partial charge in [0.1, 0.15) is 5.71 Å². The number of hydrogen-bond acceptors (Lipinski definition) is 3. The third kappa shape index (κ3) is 2.91. The Labute approximate surface area is 117 Å². The average Bonchev–Trinajstić information content (AvgIpc) is 3.34. The van der Waals surface area contributed by atoms with E-state index in [0.29, 0.717) is 5.71 Å². The van der Waals surface area contributed by atoms with Gasteiger partial charge in [-0.1, -0.05) is 36.4 Å². The molecule has 20 heavy (non-hydrogen) atoms. The van der Waals surface area contributed by atoms with Crippen LogP contribution in [0.25, 0.3) is 0 Å². The van der Waals surface area contributed by atoms with E-state index in [0.717, 1.165) is 24.1 Å². The minimum absolute atomic E-state index is 0.00522. The molecule has 1 amide bonds. The number of hydrogen-bond donors (Lipinski definition) is 1. The van der Waals surface area contributed by atoms with Crippen LogP contribution in [0.4, 0.5) is 0 Å². The Morgan fingerprint density at radius 2 is 1.85 bits per heavy atom. The first kappa shape index (κ1) is 12.5. The Morgan fingerprint density at radius 3 is 2.50 bits per heavy atom. The molecule has 1 N–H and O–H groups in total. The molecule has 1 fully saturated rings. The third-order valence-electron chi connectivity index (χ3n) is 3.18. The fourth-order valence-corrected chi connectivity index (χ4v) is 1.92. The minimum Gasteiger partial charge on any atom is -0.273 e. The molecule has 0 saturated heterocycles. The van der Waals surface area contributed by atoms with Gasteiger partial charge in [0.2, 0.25) is 5.91 Å². The molecule has 4 nitrogen and oxygen atoms in total. The van der Waals surface area contributed by atoms with Gasteiger partial charge in [-0.2, -0.15) is 5.10 Å². The number of nitrogens with one attached hydrogen (secondary N) is 1. The van der Waals surface area contributed by atoms with Crippen molar-refractivity contribution in [3.63, 3.8) is 0 Å². The van der Waals surface area contributed by atoms with Crippen molar-refractivity contribution in [1.82, 2.24) is 10.4 Å². The molecule has 1 aliphatic carbocycles. The maximum Gasteiger partial charge on any atom is 0.243 e. The van der Waals surface area contributed by atoms with Crippen LogP contribution >= 0.6 is 0 Å². The van der Waals surface area contributed by atoms with Gasteiger partial charge in [0, 0.05) is 17.7 Å². The van der Waals surface area contributed by atoms with E-state index in [2.05, 4.69) is 15.5 Å². The van der Waals surface area contributed by atoms with Crippen molar-refractivity contribution in [2.24, 2.45) is 11.0 Å². The highest BCUT2D eigenvalue weighted by Crippen LogP contribution is 2.28. The monoisotopic (exact) mass is 265 g/mol. The highest BCUT2D eigenvalue weighted by Gasteiger charge is 2.29. The Hall–Kier alpha value is -2.49. The lowest BCUT2D eigenvalue weighted by Crippen LogP contribution is -2.22. The average molecular weight is 265 g/mol. The SMILES string of the molecule is O=C(NN=C(c1ccccc1)c1ccccn1)C1CC1. The Kier molecular flexibility index (Phi) is 3.54. The maximum atomic E-state index is 11.7. The second kappa shape index (κ2) is 5.65. The topological polar surface area (TPSA) is 54.4 Å². The summed E-state index contributed by atoms with van der Waals surface area (Å²) in [6, 6.07) is 15.4. The van der Waals surface area contributed by atoms with E-state index in [4.69, 9.17) is 0 Å². The second-order valence-corrected chi connectivity index (χ2v) is 4.79. The molecule has 100 valence electrons. The summed E-state index contributed by atoms with van der Waals surface area (Å²) in [5.41, 5.74) is 5.01. The van der Waals surface area contributed by atoms with Gasteiger partial charge in [-0.15, -0.1) is 0 Å². The summed E-state index contributed by atoms with van der Waals surface area (Å²) in [4.78, 5) is 16.0. The molecule has 0 unspecified atom stereocenters. The van der Waals surface area contributed by atoms with E-state index >= 15 is 0 Å². The molecule has 1 aromatic heterocycles. The summed E-state index contributed by atoms with van der Waals surface area (Å²) < 4.78 is 0. The lowest BCUT2D eigenvalue weighted by atomic mass is 10.1. The van der Waals surface area contributed by atoms with Crippen LogP contribution in [0.2, 0.25) is 0 Å². The molecule has 0 spiro atoms. The summed E-state index contributed by atoms with van der Waals surface area (Å²) >= 11 is 0. The Balaban J connectivity index is 1.91.